The van der Waals surface area contributed by atoms with Crippen molar-refractivity contribution in [1.82, 2.24) is 9.55 Å². The second-order valence-corrected chi connectivity index (χ2v) is 7.40. The van der Waals surface area contributed by atoms with E-state index in [0.29, 0.717) is 22.6 Å². The summed E-state index contributed by atoms with van der Waals surface area (Å²) < 4.78 is 31.3. The van der Waals surface area contributed by atoms with Gasteiger partial charge in [-0.2, -0.15) is 8.78 Å². The number of hydrogen-bond donors (Lipinski definition) is 0. The van der Waals surface area contributed by atoms with Crippen molar-refractivity contribution in [1.29, 1.82) is 0 Å². The number of thioether (sulfide) groups is 1. The minimum atomic E-state index is -3.02. The van der Waals surface area contributed by atoms with Crippen LogP contribution in [0.15, 0.2) is 52.4 Å². The van der Waals surface area contributed by atoms with Crippen molar-refractivity contribution in [2.45, 2.75) is 38.6 Å². The van der Waals surface area contributed by atoms with Gasteiger partial charge >= 0.3 is 6.61 Å². The highest BCUT2D eigenvalue weighted by molar-refractivity contribution is 7.99. The number of nitrogens with zero attached hydrogens (tertiary/aromatic N) is 2. The number of benzene rings is 2. The van der Waals surface area contributed by atoms with Crippen LogP contribution >= 0.6 is 11.8 Å². The summed E-state index contributed by atoms with van der Waals surface area (Å²) in [6.45, 7) is 1.16. The molecule has 3 aromatic rings. The number of aromatic nitrogens is 2. The molecule has 0 unspecified atom stereocenters. The zero-order valence-electron chi connectivity index (χ0n) is 16.0. The molecule has 1 aromatic heterocycles. The van der Waals surface area contributed by atoms with Gasteiger partial charge in [0.25, 0.3) is 5.56 Å². The number of ketones is 1. The fourth-order valence-corrected chi connectivity index (χ4v) is 3.86. The first-order chi connectivity index (χ1) is 13.9. The molecule has 152 valence electrons. The van der Waals surface area contributed by atoms with Crippen LogP contribution in [0.3, 0.4) is 0 Å². The van der Waals surface area contributed by atoms with Crippen molar-refractivity contribution in [2.75, 3.05) is 5.75 Å². The van der Waals surface area contributed by atoms with Crippen LogP contribution in [-0.2, 0) is 6.54 Å². The van der Waals surface area contributed by atoms with Crippen molar-refractivity contribution in [3.8, 4) is 5.75 Å². The highest BCUT2D eigenvalue weighted by atomic mass is 32.2. The summed E-state index contributed by atoms with van der Waals surface area (Å²) in [5, 5.41) is 0.941. The van der Waals surface area contributed by atoms with E-state index in [-0.39, 0.29) is 28.4 Å². The number of alkyl halides is 2. The summed E-state index contributed by atoms with van der Waals surface area (Å²) in [7, 11) is 0. The maximum Gasteiger partial charge on any atom is 0.387 e. The first-order valence-corrected chi connectivity index (χ1v) is 10.1. The molecular weight excluding hydrogens is 398 g/mol. The summed E-state index contributed by atoms with van der Waals surface area (Å²) in [6.07, 6.45) is 0.728. The van der Waals surface area contributed by atoms with Gasteiger partial charge in [0.1, 0.15) is 5.75 Å². The van der Waals surface area contributed by atoms with Crippen LogP contribution in [0.1, 0.15) is 29.3 Å². The number of ether oxygens (including phenoxy) is 1. The molecule has 0 aliphatic rings. The molecule has 1 heterocycles. The maximum absolute atomic E-state index is 12.8. The fraction of sp³-hybridized carbons (Fsp3) is 0.286. The Morgan fingerprint density at radius 1 is 1.24 bits per heavy atom. The van der Waals surface area contributed by atoms with Crippen LogP contribution in [0.2, 0.25) is 0 Å². The van der Waals surface area contributed by atoms with Crippen LogP contribution in [0.5, 0.6) is 5.75 Å². The Morgan fingerprint density at radius 3 is 2.72 bits per heavy atom. The highest BCUT2D eigenvalue weighted by Gasteiger charge is 2.18. The lowest BCUT2D eigenvalue weighted by molar-refractivity contribution is -0.0501. The van der Waals surface area contributed by atoms with Gasteiger partial charge < -0.3 is 4.74 Å². The lowest BCUT2D eigenvalue weighted by atomic mass is 10.1. The van der Waals surface area contributed by atoms with E-state index < -0.39 is 6.61 Å². The van der Waals surface area contributed by atoms with Crippen molar-refractivity contribution in [3.63, 3.8) is 0 Å². The van der Waals surface area contributed by atoms with Gasteiger partial charge in [-0.25, -0.2) is 4.98 Å². The van der Waals surface area contributed by atoms with E-state index >= 15 is 0 Å². The van der Waals surface area contributed by atoms with Crippen molar-refractivity contribution in [2.24, 2.45) is 0 Å². The Balaban J connectivity index is 1.91. The molecule has 0 saturated carbocycles. The minimum absolute atomic E-state index is 0.0580. The molecule has 5 nitrogen and oxygen atoms in total. The van der Waals surface area contributed by atoms with E-state index in [1.807, 2.05) is 6.92 Å². The van der Waals surface area contributed by atoms with E-state index in [4.69, 9.17) is 0 Å². The summed E-state index contributed by atoms with van der Waals surface area (Å²) in [5.74, 6) is -0.592. The standard InChI is InChI=1S/C21H20F2N2O3S/c1-3-10-25-19(27)14-6-4-5-7-16(14)24-21(25)29-12-17(26)15-11-13(2)8-9-18(15)28-20(22)23/h4-9,11,20H,3,10,12H2,1-2H3. The zero-order chi connectivity index (χ0) is 21.0. The number of aryl methyl sites for hydroxylation is 1. The molecule has 0 spiro atoms. The molecule has 0 fully saturated rings. The summed E-state index contributed by atoms with van der Waals surface area (Å²) in [6, 6.07) is 11.5. The van der Waals surface area contributed by atoms with Crippen LogP contribution in [-0.4, -0.2) is 27.7 Å². The van der Waals surface area contributed by atoms with Gasteiger partial charge in [0, 0.05) is 6.54 Å². The van der Waals surface area contributed by atoms with Crippen molar-refractivity contribution in [3.05, 3.63) is 63.9 Å². The third kappa shape index (κ3) is 4.82. The van der Waals surface area contributed by atoms with Gasteiger partial charge in [0.2, 0.25) is 0 Å². The van der Waals surface area contributed by atoms with E-state index in [1.54, 1.807) is 41.8 Å². The molecule has 0 amide bonds. The Hall–Kier alpha value is -2.74. The second-order valence-electron chi connectivity index (χ2n) is 6.46. The quantitative estimate of drug-likeness (QED) is 0.302. The summed E-state index contributed by atoms with van der Waals surface area (Å²) in [4.78, 5) is 30.1. The van der Waals surface area contributed by atoms with E-state index in [2.05, 4.69) is 9.72 Å². The lowest BCUT2D eigenvalue weighted by Crippen LogP contribution is -2.23. The molecule has 2 aromatic carbocycles. The van der Waals surface area contributed by atoms with Gasteiger partial charge in [-0.1, -0.05) is 42.4 Å². The minimum Gasteiger partial charge on any atom is -0.434 e. The second kappa shape index (κ2) is 9.17. The zero-order valence-corrected chi connectivity index (χ0v) is 16.8. The van der Waals surface area contributed by atoms with Crippen LogP contribution in [0.25, 0.3) is 10.9 Å². The Labute approximate surface area is 170 Å². The Morgan fingerprint density at radius 2 is 2.00 bits per heavy atom. The first kappa shape index (κ1) is 21.0. The Bertz CT molecular complexity index is 1100. The molecule has 0 saturated heterocycles. The molecule has 0 N–H and O–H groups in total. The predicted octanol–water partition coefficient (Wildman–Crippen LogP) is 4.69. The van der Waals surface area contributed by atoms with Crippen LogP contribution in [0, 0.1) is 6.92 Å². The van der Waals surface area contributed by atoms with Gasteiger partial charge in [0.05, 0.1) is 22.2 Å². The highest BCUT2D eigenvalue weighted by Crippen LogP contribution is 2.26. The average molecular weight is 418 g/mol. The largest absolute Gasteiger partial charge is 0.434 e. The molecule has 3 rings (SSSR count). The van der Waals surface area contributed by atoms with Crippen molar-refractivity contribution >= 4 is 28.4 Å². The molecular formula is C21H20F2N2O3S. The number of carbonyl (C=O) groups excluding carboxylic acids is 1. The number of rotatable bonds is 8. The van der Waals surface area contributed by atoms with Gasteiger partial charge in [-0.3, -0.25) is 14.2 Å². The average Bonchev–Trinajstić information content (AvgIpc) is 2.69. The monoisotopic (exact) mass is 418 g/mol. The molecule has 0 aliphatic carbocycles. The van der Waals surface area contributed by atoms with Crippen LogP contribution in [0.4, 0.5) is 8.78 Å². The molecule has 0 radical (unpaired) electrons. The molecule has 8 heteroatoms. The fourth-order valence-electron chi connectivity index (χ4n) is 2.95. The number of carbonyl (C=O) groups is 1. The number of para-hydroxylation sites is 1. The SMILES string of the molecule is CCCn1c(SCC(=O)c2cc(C)ccc2OC(F)F)nc2ccccc2c1=O. The smallest absolute Gasteiger partial charge is 0.387 e. The van der Waals surface area contributed by atoms with Gasteiger partial charge in [-0.15, -0.1) is 0 Å². The van der Waals surface area contributed by atoms with E-state index in [1.165, 1.54) is 12.1 Å². The summed E-state index contributed by atoms with van der Waals surface area (Å²) >= 11 is 1.11. The summed E-state index contributed by atoms with van der Waals surface area (Å²) in [5.41, 5.74) is 1.23. The molecule has 29 heavy (non-hydrogen) atoms. The third-order valence-electron chi connectivity index (χ3n) is 4.26. The predicted molar refractivity (Wildman–Crippen MR) is 109 cm³/mol. The molecule has 0 bridgehead atoms. The van der Waals surface area contributed by atoms with Gasteiger partial charge in [-0.05, 0) is 37.6 Å². The Kier molecular flexibility index (Phi) is 6.64. The number of Topliss-reactive ketones (excluding diaryl/α,β-unsaturated/α-hetero) is 1. The maximum atomic E-state index is 12.8. The topological polar surface area (TPSA) is 61.2 Å². The third-order valence-corrected chi connectivity index (χ3v) is 5.23. The molecule has 0 atom stereocenters. The van der Waals surface area contributed by atoms with Crippen molar-refractivity contribution < 1.29 is 18.3 Å². The normalized spacial score (nSPS) is 11.2. The molecule has 0 aliphatic heterocycles. The van der Waals surface area contributed by atoms with Gasteiger partial charge in [0.15, 0.2) is 10.9 Å². The van der Waals surface area contributed by atoms with Crippen LogP contribution < -0.4 is 10.3 Å². The van der Waals surface area contributed by atoms with E-state index in [0.717, 1.165) is 23.7 Å². The first-order valence-electron chi connectivity index (χ1n) is 9.11. The number of fused-ring (bicyclic) bond motifs is 1. The number of halogens is 2. The lowest BCUT2D eigenvalue weighted by Gasteiger charge is -2.13. The number of hydrogen-bond acceptors (Lipinski definition) is 5. The van der Waals surface area contributed by atoms with E-state index in [9.17, 15) is 18.4 Å².